The van der Waals surface area contributed by atoms with Gasteiger partial charge in [0.1, 0.15) is 5.82 Å². The Morgan fingerprint density at radius 3 is 2.40 bits per heavy atom. The van der Waals surface area contributed by atoms with Gasteiger partial charge in [0.2, 0.25) is 0 Å². The van der Waals surface area contributed by atoms with Crippen LogP contribution in [0.2, 0.25) is 5.02 Å². The molecule has 3 nitrogen and oxygen atoms in total. The summed E-state index contributed by atoms with van der Waals surface area (Å²) in [7, 11) is -3.84. The summed E-state index contributed by atoms with van der Waals surface area (Å²) >= 11 is 5.74. The van der Waals surface area contributed by atoms with Gasteiger partial charge < -0.3 is 0 Å². The highest BCUT2D eigenvalue weighted by atomic mass is 35.5. The zero-order chi connectivity index (χ0) is 14.9. The van der Waals surface area contributed by atoms with E-state index in [1.54, 1.807) is 12.1 Å². The molecule has 0 aliphatic heterocycles. The molecule has 0 unspecified atom stereocenters. The Morgan fingerprint density at radius 1 is 1.05 bits per heavy atom. The Kier molecular flexibility index (Phi) is 4.01. The zero-order valence-corrected chi connectivity index (χ0v) is 12.5. The molecule has 1 N–H and O–H groups in total. The van der Waals surface area contributed by atoms with Crippen LogP contribution in [0.3, 0.4) is 0 Å². The number of anilines is 1. The number of hydrogen-bond acceptors (Lipinski definition) is 2. The van der Waals surface area contributed by atoms with Crippen molar-refractivity contribution in [2.45, 2.75) is 18.7 Å². The maximum atomic E-state index is 13.6. The molecule has 6 heteroatoms. The van der Waals surface area contributed by atoms with Crippen molar-refractivity contribution in [3.63, 3.8) is 0 Å². The molecule has 0 heterocycles. The first-order chi connectivity index (χ1) is 9.29. The van der Waals surface area contributed by atoms with E-state index in [0.717, 1.165) is 17.2 Å². The maximum absolute atomic E-state index is 13.6. The first-order valence-electron chi connectivity index (χ1n) is 5.85. The second-order valence-corrected chi connectivity index (χ2v) is 6.59. The lowest BCUT2D eigenvalue weighted by Gasteiger charge is -2.10. The molecule has 0 aliphatic rings. The molecule has 0 aliphatic carbocycles. The van der Waals surface area contributed by atoms with E-state index < -0.39 is 15.8 Å². The number of rotatable bonds is 3. The highest BCUT2D eigenvalue weighted by molar-refractivity contribution is 7.92. The number of aryl methyl sites for hydroxylation is 2. The van der Waals surface area contributed by atoms with Gasteiger partial charge in [-0.05, 0) is 55.3 Å². The van der Waals surface area contributed by atoms with Gasteiger partial charge in [-0.1, -0.05) is 17.7 Å². The quantitative estimate of drug-likeness (QED) is 0.934. The Hall–Kier alpha value is -1.59. The van der Waals surface area contributed by atoms with Gasteiger partial charge in [0, 0.05) is 5.02 Å². The van der Waals surface area contributed by atoms with Crippen LogP contribution >= 0.6 is 11.6 Å². The molecule has 0 fully saturated rings. The van der Waals surface area contributed by atoms with Gasteiger partial charge in [-0.25, -0.2) is 12.8 Å². The molecular formula is C14H13ClFNO2S. The van der Waals surface area contributed by atoms with Crippen LogP contribution in [0, 0.1) is 19.7 Å². The van der Waals surface area contributed by atoms with Crippen molar-refractivity contribution in [1.29, 1.82) is 0 Å². The van der Waals surface area contributed by atoms with Crippen LogP contribution in [0.25, 0.3) is 0 Å². The van der Waals surface area contributed by atoms with E-state index in [9.17, 15) is 12.8 Å². The Bertz CT molecular complexity index is 760. The van der Waals surface area contributed by atoms with Gasteiger partial charge in [-0.15, -0.1) is 0 Å². The summed E-state index contributed by atoms with van der Waals surface area (Å²) in [6, 6.07) is 8.42. The second-order valence-electron chi connectivity index (χ2n) is 4.48. The Morgan fingerprint density at radius 2 is 1.75 bits per heavy atom. The van der Waals surface area contributed by atoms with Crippen LogP contribution in [0.1, 0.15) is 11.1 Å². The third-order valence-electron chi connectivity index (χ3n) is 2.96. The van der Waals surface area contributed by atoms with Crippen LogP contribution in [-0.4, -0.2) is 8.42 Å². The standard InChI is InChI=1S/C14H13ClFNO2S/c1-9-3-5-12(7-10(9)2)20(18,19)17-14-8-11(15)4-6-13(14)16/h3-8,17H,1-2H3. The highest BCUT2D eigenvalue weighted by Crippen LogP contribution is 2.23. The lowest BCUT2D eigenvalue weighted by molar-refractivity contribution is 0.598. The molecule has 106 valence electrons. The van der Waals surface area contributed by atoms with Crippen molar-refractivity contribution in [2.24, 2.45) is 0 Å². The topological polar surface area (TPSA) is 46.2 Å². The summed E-state index contributed by atoms with van der Waals surface area (Å²) in [5, 5.41) is 0.254. The van der Waals surface area contributed by atoms with E-state index in [0.29, 0.717) is 0 Å². The summed E-state index contributed by atoms with van der Waals surface area (Å²) < 4.78 is 40.2. The summed E-state index contributed by atoms with van der Waals surface area (Å²) in [5.74, 6) is -0.679. The zero-order valence-electron chi connectivity index (χ0n) is 10.9. The molecule has 2 rings (SSSR count). The second kappa shape index (κ2) is 5.42. The lowest BCUT2D eigenvalue weighted by atomic mass is 10.1. The minimum absolute atomic E-state index is 0.0833. The third-order valence-corrected chi connectivity index (χ3v) is 4.56. The first kappa shape index (κ1) is 14.8. The average Bonchev–Trinajstić information content (AvgIpc) is 2.36. The Balaban J connectivity index is 2.40. The minimum atomic E-state index is -3.84. The molecule has 2 aromatic carbocycles. The van der Waals surface area contributed by atoms with Crippen molar-refractivity contribution in [3.8, 4) is 0 Å². The smallest absolute Gasteiger partial charge is 0.261 e. The van der Waals surface area contributed by atoms with Gasteiger partial charge in [-0.2, -0.15) is 0 Å². The fourth-order valence-electron chi connectivity index (χ4n) is 1.66. The fourth-order valence-corrected chi connectivity index (χ4v) is 2.98. The van der Waals surface area contributed by atoms with E-state index in [1.165, 1.54) is 18.2 Å². The van der Waals surface area contributed by atoms with Crippen LogP contribution in [0.4, 0.5) is 10.1 Å². The molecule has 0 bridgehead atoms. The molecule has 0 radical (unpaired) electrons. The lowest BCUT2D eigenvalue weighted by Crippen LogP contribution is -2.14. The highest BCUT2D eigenvalue weighted by Gasteiger charge is 2.17. The average molecular weight is 314 g/mol. The molecule has 0 aromatic heterocycles. The van der Waals surface area contributed by atoms with Gasteiger partial charge in [-0.3, -0.25) is 4.72 Å². The summed E-state index contributed by atoms with van der Waals surface area (Å²) in [5.41, 5.74) is 1.66. The van der Waals surface area contributed by atoms with E-state index in [1.807, 2.05) is 13.8 Å². The summed E-state index contributed by atoms with van der Waals surface area (Å²) in [6.45, 7) is 3.70. The van der Waals surface area contributed by atoms with E-state index in [4.69, 9.17) is 11.6 Å². The predicted octanol–water partition coefficient (Wildman–Crippen LogP) is 3.90. The van der Waals surface area contributed by atoms with Gasteiger partial charge >= 0.3 is 0 Å². The largest absolute Gasteiger partial charge is 0.277 e. The number of nitrogens with one attached hydrogen (secondary N) is 1. The maximum Gasteiger partial charge on any atom is 0.261 e. The number of hydrogen-bond donors (Lipinski definition) is 1. The fraction of sp³-hybridized carbons (Fsp3) is 0.143. The van der Waals surface area contributed by atoms with Crippen molar-refractivity contribution in [2.75, 3.05) is 4.72 Å². The van der Waals surface area contributed by atoms with Gasteiger partial charge in [0.25, 0.3) is 10.0 Å². The SMILES string of the molecule is Cc1ccc(S(=O)(=O)Nc2cc(Cl)ccc2F)cc1C. The molecule has 0 spiro atoms. The van der Waals surface area contributed by atoms with E-state index >= 15 is 0 Å². The number of halogens is 2. The number of benzene rings is 2. The van der Waals surface area contributed by atoms with Crippen LogP contribution < -0.4 is 4.72 Å². The predicted molar refractivity (Wildman–Crippen MR) is 78.1 cm³/mol. The van der Waals surface area contributed by atoms with Crippen LogP contribution in [0.15, 0.2) is 41.3 Å². The van der Waals surface area contributed by atoms with E-state index in [-0.39, 0.29) is 15.6 Å². The first-order valence-corrected chi connectivity index (χ1v) is 7.71. The normalized spacial score (nSPS) is 11.4. The monoisotopic (exact) mass is 313 g/mol. The van der Waals surface area contributed by atoms with E-state index in [2.05, 4.69) is 4.72 Å². The van der Waals surface area contributed by atoms with Crippen LogP contribution in [-0.2, 0) is 10.0 Å². The molecule has 20 heavy (non-hydrogen) atoms. The van der Waals surface area contributed by atoms with Crippen molar-refractivity contribution < 1.29 is 12.8 Å². The Labute approximate surface area is 122 Å². The molecule has 2 aromatic rings. The molecule has 0 amide bonds. The summed E-state index contributed by atoms with van der Waals surface area (Å²) in [4.78, 5) is 0.0833. The van der Waals surface area contributed by atoms with Crippen molar-refractivity contribution >= 4 is 27.3 Å². The number of sulfonamides is 1. The third kappa shape index (κ3) is 3.11. The van der Waals surface area contributed by atoms with Gasteiger partial charge in [0.15, 0.2) is 0 Å². The molecule has 0 atom stereocenters. The molecule has 0 saturated carbocycles. The van der Waals surface area contributed by atoms with Crippen LogP contribution in [0.5, 0.6) is 0 Å². The minimum Gasteiger partial charge on any atom is -0.277 e. The van der Waals surface area contributed by atoms with Crippen molar-refractivity contribution in [3.05, 3.63) is 58.4 Å². The molecule has 0 saturated heterocycles. The van der Waals surface area contributed by atoms with Crippen molar-refractivity contribution in [1.82, 2.24) is 0 Å². The summed E-state index contributed by atoms with van der Waals surface area (Å²) in [6.07, 6.45) is 0. The molecular weight excluding hydrogens is 301 g/mol. The van der Waals surface area contributed by atoms with Gasteiger partial charge in [0.05, 0.1) is 10.6 Å².